The molecule has 0 aliphatic rings. The van der Waals surface area contributed by atoms with Crippen LogP contribution in [0.3, 0.4) is 0 Å². The highest BCUT2D eigenvalue weighted by atomic mass is 16.2. The molecule has 2 rings (SSSR count). The standard InChI is InChI=1S/C19H24N2O/c1-20-13-14-21(2)19(22)15-18(16-9-5-3-6-10-16)17-11-7-4-8-12-17/h3-12,18,20H,13-15H2,1-2H3. The maximum Gasteiger partial charge on any atom is 0.223 e. The Kier molecular flexibility index (Phi) is 6.16. The molecule has 2 aromatic carbocycles. The van der Waals surface area contributed by atoms with Crippen LogP contribution in [-0.2, 0) is 4.79 Å². The molecule has 0 heterocycles. The van der Waals surface area contributed by atoms with Gasteiger partial charge in [0, 0.05) is 32.5 Å². The van der Waals surface area contributed by atoms with E-state index in [0.717, 1.165) is 13.1 Å². The molecule has 0 saturated carbocycles. The van der Waals surface area contributed by atoms with E-state index >= 15 is 0 Å². The van der Waals surface area contributed by atoms with E-state index in [1.54, 1.807) is 4.90 Å². The predicted octanol–water partition coefficient (Wildman–Crippen LogP) is 2.89. The van der Waals surface area contributed by atoms with Crippen LogP contribution < -0.4 is 5.32 Å². The molecule has 0 spiro atoms. The number of nitrogens with zero attached hydrogens (tertiary/aromatic N) is 1. The fourth-order valence-electron chi connectivity index (χ4n) is 2.53. The smallest absolute Gasteiger partial charge is 0.223 e. The van der Waals surface area contributed by atoms with E-state index in [-0.39, 0.29) is 11.8 Å². The van der Waals surface area contributed by atoms with Crippen molar-refractivity contribution in [3.05, 3.63) is 71.8 Å². The Bertz CT molecular complexity index is 529. The van der Waals surface area contributed by atoms with Gasteiger partial charge >= 0.3 is 0 Å². The third-order valence-corrected chi connectivity index (χ3v) is 3.91. The largest absolute Gasteiger partial charge is 0.344 e. The third-order valence-electron chi connectivity index (χ3n) is 3.91. The van der Waals surface area contributed by atoms with Gasteiger partial charge in [0.15, 0.2) is 0 Å². The molecule has 0 aliphatic heterocycles. The molecule has 0 bridgehead atoms. The normalized spacial score (nSPS) is 10.7. The van der Waals surface area contributed by atoms with Gasteiger partial charge in [-0.25, -0.2) is 0 Å². The van der Waals surface area contributed by atoms with E-state index in [4.69, 9.17) is 0 Å². The quantitative estimate of drug-likeness (QED) is 0.852. The van der Waals surface area contributed by atoms with Crippen LogP contribution in [0.25, 0.3) is 0 Å². The number of amides is 1. The molecule has 0 fully saturated rings. The van der Waals surface area contributed by atoms with E-state index in [1.165, 1.54) is 11.1 Å². The lowest BCUT2D eigenvalue weighted by Gasteiger charge is -2.22. The van der Waals surface area contributed by atoms with E-state index in [2.05, 4.69) is 29.6 Å². The average molecular weight is 296 g/mol. The first-order chi connectivity index (χ1) is 10.7. The van der Waals surface area contributed by atoms with Crippen molar-refractivity contribution in [1.82, 2.24) is 10.2 Å². The Hall–Kier alpha value is -2.13. The minimum absolute atomic E-state index is 0.104. The Morgan fingerprint density at radius 1 is 1.00 bits per heavy atom. The van der Waals surface area contributed by atoms with E-state index in [1.807, 2.05) is 50.5 Å². The zero-order valence-corrected chi connectivity index (χ0v) is 13.3. The van der Waals surface area contributed by atoms with Crippen molar-refractivity contribution in [3.63, 3.8) is 0 Å². The molecular weight excluding hydrogens is 272 g/mol. The minimum Gasteiger partial charge on any atom is -0.344 e. The van der Waals surface area contributed by atoms with Gasteiger partial charge in [0.05, 0.1) is 0 Å². The SMILES string of the molecule is CNCCN(C)C(=O)CC(c1ccccc1)c1ccccc1. The molecule has 0 aromatic heterocycles. The second kappa shape index (κ2) is 8.35. The summed E-state index contributed by atoms with van der Waals surface area (Å²) in [6.07, 6.45) is 0.494. The molecule has 0 radical (unpaired) electrons. The number of likely N-dealkylation sites (N-methyl/N-ethyl adjacent to an activating group) is 2. The first kappa shape index (κ1) is 16.2. The number of carbonyl (C=O) groups excluding carboxylic acids is 1. The lowest BCUT2D eigenvalue weighted by Crippen LogP contribution is -2.33. The molecule has 22 heavy (non-hydrogen) atoms. The molecule has 0 unspecified atom stereocenters. The second-order valence-corrected chi connectivity index (χ2v) is 5.50. The lowest BCUT2D eigenvalue weighted by molar-refractivity contribution is -0.130. The van der Waals surface area contributed by atoms with Gasteiger partial charge in [-0.05, 0) is 18.2 Å². The summed E-state index contributed by atoms with van der Waals surface area (Å²) in [5, 5.41) is 3.08. The molecule has 0 saturated heterocycles. The summed E-state index contributed by atoms with van der Waals surface area (Å²) in [6, 6.07) is 20.5. The second-order valence-electron chi connectivity index (χ2n) is 5.50. The fourth-order valence-corrected chi connectivity index (χ4v) is 2.53. The molecule has 0 aliphatic carbocycles. The first-order valence-electron chi connectivity index (χ1n) is 7.71. The molecule has 0 atom stereocenters. The van der Waals surface area contributed by atoms with Crippen molar-refractivity contribution in [2.75, 3.05) is 27.2 Å². The van der Waals surface area contributed by atoms with Crippen molar-refractivity contribution >= 4 is 5.91 Å². The Labute approximate surface area is 133 Å². The van der Waals surface area contributed by atoms with Crippen LogP contribution in [0, 0.1) is 0 Å². The number of hydrogen-bond acceptors (Lipinski definition) is 2. The molecule has 1 amide bonds. The summed E-state index contributed by atoms with van der Waals surface area (Å²) in [7, 11) is 3.77. The van der Waals surface area contributed by atoms with Gasteiger partial charge in [0.25, 0.3) is 0 Å². The lowest BCUT2D eigenvalue weighted by atomic mass is 9.88. The number of carbonyl (C=O) groups is 1. The molecule has 3 heteroatoms. The average Bonchev–Trinajstić information content (AvgIpc) is 2.58. The summed E-state index contributed by atoms with van der Waals surface area (Å²) in [6.45, 7) is 1.54. The maximum absolute atomic E-state index is 12.5. The van der Waals surface area contributed by atoms with Crippen LogP contribution >= 0.6 is 0 Å². The topological polar surface area (TPSA) is 32.3 Å². The maximum atomic E-state index is 12.5. The molecule has 116 valence electrons. The summed E-state index contributed by atoms with van der Waals surface area (Å²) in [4.78, 5) is 14.3. The fraction of sp³-hybridized carbons (Fsp3) is 0.316. The highest BCUT2D eigenvalue weighted by molar-refractivity contribution is 5.77. The van der Waals surface area contributed by atoms with E-state index in [0.29, 0.717) is 6.42 Å². The van der Waals surface area contributed by atoms with E-state index in [9.17, 15) is 4.79 Å². The van der Waals surface area contributed by atoms with Crippen LogP contribution in [0.2, 0.25) is 0 Å². The minimum atomic E-state index is 0.104. The van der Waals surface area contributed by atoms with Gasteiger partial charge in [-0.2, -0.15) is 0 Å². The van der Waals surface area contributed by atoms with Crippen LogP contribution in [-0.4, -0.2) is 38.0 Å². The summed E-state index contributed by atoms with van der Waals surface area (Å²) in [5.41, 5.74) is 2.37. The van der Waals surface area contributed by atoms with Gasteiger partial charge in [-0.15, -0.1) is 0 Å². The van der Waals surface area contributed by atoms with Gasteiger partial charge in [0.2, 0.25) is 5.91 Å². The van der Waals surface area contributed by atoms with Gasteiger partial charge < -0.3 is 10.2 Å². The highest BCUT2D eigenvalue weighted by Gasteiger charge is 2.19. The Balaban J connectivity index is 2.17. The van der Waals surface area contributed by atoms with Crippen molar-refractivity contribution in [3.8, 4) is 0 Å². The Morgan fingerprint density at radius 2 is 1.50 bits per heavy atom. The third kappa shape index (κ3) is 4.43. The van der Waals surface area contributed by atoms with Crippen molar-refractivity contribution in [2.24, 2.45) is 0 Å². The molecule has 1 N–H and O–H groups in total. The Morgan fingerprint density at radius 3 is 1.95 bits per heavy atom. The number of nitrogens with one attached hydrogen (secondary N) is 1. The van der Waals surface area contributed by atoms with Crippen molar-refractivity contribution in [2.45, 2.75) is 12.3 Å². The monoisotopic (exact) mass is 296 g/mol. The number of benzene rings is 2. The van der Waals surface area contributed by atoms with Gasteiger partial charge in [-0.3, -0.25) is 4.79 Å². The van der Waals surface area contributed by atoms with Gasteiger partial charge in [0.1, 0.15) is 0 Å². The van der Waals surface area contributed by atoms with Crippen molar-refractivity contribution in [1.29, 1.82) is 0 Å². The molecular formula is C19H24N2O. The molecule has 2 aromatic rings. The predicted molar refractivity (Wildman–Crippen MR) is 90.9 cm³/mol. The summed E-state index contributed by atoms with van der Waals surface area (Å²) < 4.78 is 0. The van der Waals surface area contributed by atoms with Crippen molar-refractivity contribution < 1.29 is 4.79 Å². The van der Waals surface area contributed by atoms with Crippen LogP contribution in [0.15, 0.2) is 60.7 Å². The zero-order chi connectivity index (χ0) is 15.8. The van der Waals surface area contributed by atoms with Crippen LogP contribution in [0.4, 0.5) is 0 Å². The zero-order valence-electron chi connectivity index (χ0n) is 13.3. The van der Waals surface area contributed by atoms with Crippen LogP contribution in [0.5, 0.6) is 0 Å². The summed E-state index contributed by atoms with van der Waals surface area (Å²) >= 11 is 0. The molecule has 3 nitrogen and oxygen atoms in total. The van der Waals surface area contributed by atoms with Gasteiger partial charge in [-0.1, -0.05) is 60.7 Å². The van der Waals surface area contributed by atoms with E-state index < -0.39 is 0 Å². The number of rotatable bonds is 7. The van der Waals surface area contributed by atoms with Crippen LogP contribution in [0.1, 0.15) is 23.5 Å². The highest BCUT2D eigenvalue weighted by Crippen LogP contribution is 2.28. The first-order valence-corrected chi connectivity index (χ1v) is 7.71. The summed E-state index contributed by atoms with van der Waals surface area (Å²) in [5.74, 6) is 0.278. The number of hydrogen-bond donors (Lipinski definition) is 1.